The highest BCUT2D eigenvalue weighted by Gasteiger charge is 2.35. The van der Waals surface area contributed by atoms with Crippen LogP contribution in [0.15, 0.2) is 30.5 Å². The van der Waals surface area contributed by atoms with Crippen LogP contribution in [0.25, 0.3) is 0 Å². The van der Waals surface area contributed by atoms with Crippen molar-refractivity contribution in [3.63, 3.8) is 0 Å². The zero-order valence-corrected chi connectivity index (χ0v) is 14.6. The van der Waals surface area contributed by atoms with Gasteiger partial charge in [0.25, 0.3) is 0 Å². The molecule has 0 spiro atoms. The monoisotopic (exact) mass is 365 g/mol. The van der Waals surface area contributed by atoms with Gasteiger partial charge in [-0.2, -0.15) is 0 Å². The van der Waals surface area contributed by atoms with Gasteiger partial charge in [-0.25, -0.2) is 4.98 Å². The average Bonchev–Trinajstić information content (AvgIpc) is 2.89. The fourth-order valence-corrected chi connectivity index (χ4v) is 3.46. The summed E-state index contributed by atoms with van der Waals surface area (Å²) in [5.41, 5.74) is 1.84. The molecule has 1 fully saturated rings. The minimum absolute atomic E-state index is 0.0667. The number of pyridine rings is 1. The van der Waals surface area contributed by atoms with Gasteiger partial charge in [-0.15, -0.1) is 0 Å². The minimum atomic E-state index is -0.643. The topological polar surface area (TPSA) is 59.4 Å². The van der Waals surface area contributed by atoms with Crippen LogP contribution in [0.2, 0.25) is 10.0 Å². The van der Waals surface area contributed by atoms with Gasteiger partial charge in [0.1, 0.15) is 16.6 Å². The average molecular weight is 366 g/mol. The Morgan fingerprint density at radius 1 is 1.33 bits per heavy atom. The summed E-state index contributed by atoms with van der Waals surface area (Å²) in [7, 11) is 0. The third-order valence-electron chi connectivity index (χ3n) is 4.24. The minimum Gasteiger partial charge on any atom is -0.438 e. The highest BCUT2D eigenvalue weighted by atomic mass is 35.5. The van der Waals surface area contributed by atoms with Crippen molar-refractivity contribution in [3.05, 3.63) is 51.6 Å². The number of ketones is 1. The summed E-state index contributed by atoms with van der Waals surface area (Å²) >= 11 is 11.9. The second-order valence-corrected chi connectivity index (χ2v) is 6.65. The largest absolute Gasteiger partial charge is 0.438 e. The molecule has 3 rings (SSSR count). The summed E-state index contributed by atoms with van der Waals surface area (Å²) < 4.78 is 5.74. The van der Waals surface area contributed by atoms with Crippen LogP contribution in [0.5, 0.6) is 11.6 Å². The lowest BCUT2D eigenvalue weighted by atomic mass is 9.89. The zero-order chi connectivity index (χ0) is 17.3. The maximum absolute atomic E-state index is 12.2. The normalized spacial score (nSPS) is 20.4. The van der Waals surface area contributed by atoms with Gasteiger partial charge in [0.05, 0.1) is 17.0 Å². The quantitative estimate of drug-likeness (QED) is 0.863. The Morgan fingerprint density at radius 2 is 2.12 bits per heavy atom. The molecule has 1 aliphatic carbocycles. The fourth-order valence-electron chi connectivity index (χ4n) is 3.04. The molecule has 0 saturated heterocycles. The first-order valence-corrected chi connectivity index (χ1v) is 8.57. The van der Waals surface area contributed by atoms with E-state index in [1.807, 2.05) is 13.0 Å². The first-order valence-electron chi connectivity index (χ1n) is 7.82. The van der Waals surface area contributed by atoms with Gasteiger partial charge < -0.3 is 9.84 Å². The van der Waals surface area contributed by atoms with E-state index in [1.165, 1.54) is 6.20 Å². The van der Waals surface area contributed by atoms with E-state index >= 15 is 0 Å². The van der Waals surface area contributed by atoms with Gasteiger partial charge in [0.15, 0.2) is 0 Å². The van der Waals surface area contributed by atoms with E-state index < -0.39 is 12.0 Å². The highest BCUT2D eigenvalue weighted by Crippen LogP contribution is 2.37. The van der Waals surface area contributed by atoms with Gasteiger partial charge in [0.2, 0.25) is 5.88 Å². The predicted octanol–water partition coefficient (Wildman–Crippen LogP) is 4.55. The number of carbonyl (C=O) groups excluding carboxylic acids is 1. The van der Waals surface area contributed by atoms with Crippen molar-refractivity contribution in [2.45, 2.75) is 38.2 Å². The van der Waals surface area contributed by atoms with Crippen molar-refractivity contribution in [3.8, 4) is 11.6 Å². The Bertz CT molecular complexity index is 779. The molecule has 24 heavy (non-hydrogen) atoms. The Kier molecular flexibility index (Phi) is 5.09. The first kappa shape index (κ1) is 17.2. The van der Waals surface area contributed by atoms with Crippen LogP contribution in [-0.4, -0.2) is 22.0 Å². The van der Waals surface area contributed by atoms with E-state index in [9.17, 15) is 9.90 Å². The number of Topliss-reactive ketones (excluding diaryl/α,β-unsaturated/α-hetero) is 1. The van der Waals surface area contributed by atoms with Crippen molar-refractivity contribution in [1.82, 2.24) is 4.98 Å². The van der Waals surface area contributed by atoms with Gasteiger partial charge in [0, 0.05) is 12.6 Å². The van der Waals surface area contributed by atoms with Gasteiger partial charge >= 0.3 is 0 Å². The van der Waals surface area contributed by atoms with Crippen molar-refractivity contribution in [2.75, 3.05) is 0 Å². The molecule has 2 aromatic rings. The van der Waals surface area contributed by atoms with Crippen molar-refractivity contribution >= 4 is 29.0 Å². The number of nitrogens with zero attached hydrogens (tertiary/aromatic N) is 1. The number of aryl methyl sites for hydroxylation is 1. The predicted molar refractivity (Wildman–Crippen MR) is 93.1 cm³/mol. The van der Waals surface area contributed by atoms with Gasteiger partial charge in [-0.1, -0.05) is 36.2 Å². The van der Waals surface area contributed by atoms with Crippen LogP contribution in [0.1, 0.15) is 36.8 Å². The third-order valence-corrected chi connectivity index (χ3v) is 4.72. The second-order valence-electron chi connectivity index (χ2n) is 5.81. The smallest absolute Gasteiger partial charge is 0.238 e. The van der Waals surface area contributed by atoms with Crippen LogP contribution >= 0.6 is 23.2 Å². The number of aliphatic hydroxyl groups is 1. The number of aromatic nitrogens is 1. The van der Waals surface area contributed by atoms with E-state index in [4.69, 9.17) is 27.9 Å². The molecule has 4 nitrogen and oxygen atoms in total. The van der Waals surface area contributed by atoms with Crippen molar-refractivity contribution < 1.29 is 14.6 Å². The van der Waals surface area contributed by atoms with Gasteiger partial charge in [-0.05, 0) is 42.2 Å². The van der Waals surface area contributed by atoms with E-state index in [-0.39, 0.29) is 11.7 Å². The van der Waals surface area contributed by atoms with Crippen molar-refractivity contribution in [1.29, 1.82) is 0 Å². The first-order chi connectivity index (χ1) is 11.5. The molecule has 1 N–H and O–H groups in total. The Hall–Kier alpha value is -1.62. The molecule has 6 heteroatoms. The maximum Gasteiger partial charge on any atom is 0.238 e. The number of hydrogen-bond acceptors (Lipinski definition) is 4. The van der Waals surface area contributed by atoms with E-state index in [0.29, 0.717) is 28.6 Å². The van der Waals surface area contributed by atoms with Crippen LogP contribution in [0.3, 0.4) is 0 Å². The van der Waals surface area contributed by atoms with Crippen LogP contribution in [-0.2, 0) is 11.2 Å². The molecule has 0 radical (unpaired) electrons. The number of rotatable bonds is 4. The maximum atomic E-state index is 12.2. The number of carbonyl (C=O) groups is 1. The lowest BCUT2D eigenvalue weighted by Crippen LogP contribution is -2.18. The summed E-state index contributed by atoms with van der Waals surface area (Å²) in [6.45, 7) is 2.02. The lowest BCUT2D eigenvalue weighted by molar-refractivity contribution is -0.119. The van der Waals surface area contributed by atoms with Gasteiger partial charge in [-0.3, -0.25) is 4.79 Å². The molecule has 1 aromatic heterocycles. The molecule has 126 valence electrons. The fraction of sp³-hybridized carbons (Fsp3) is 0.333. The standard InChI is InChI=1S/C18H17Cl2NO3/c1-2-10-3-4-12(24-18-14(20)7-11(19)9-21-18)8-13(10)17-15(22)5-6-16(17)23/h3-4,7-9,15,17,22H,2,5-6H2,1H3. The molecule has 1 heterocycles. The molecule has 2 unspecified atom stereocenters. The van der Waals surface area contributed by atoms with Crippen molar-refractivity contribution in [2.24, 2.45) is 0 Å². The zero-order valence-electron chi connectivity index (χ0n) is 13.1. The third kappa shape index (κ3) is 3.41. The molecule has 0 aliphatic heterocycles. The molecule has 2 atom stereocenters. The summed E-state index contributed by atoms with van der Waals surface area (Å²) in [6, 6.07) is 7.06. The molecule has 1 aromatic carbocycles. The number of aliphatic hydroxyl groups excluding tert-OH is 1. The molecular weight excluding hydrogens is 349 g/mol. The summed E-state index contributed by atoms with van der Waals surface area (Å²) in [6.07, 6.45) is 2.49. The highest BCUT2D eigenvalue weighted by molar-refractivity contribution is 6.35. The number of hydrogen-bond donors (Lipinski definition) is 1. The molecular formula is C18H17Cl2NO3. The summed E-state index contributed by atoms with van der Waals surface area (Å²) in [4.78, 5) is 16.2. The van der Waals surface area contributed by atoms with Crippen LogP contribution < -0.4 is 4.74 Å². The summed E-state index contributed by atoms with van der Waals surface area (Å²) in [5.74, 6) is 0.342. The molecule has 1 aliphatic rings. The SMILES string of the molecule is CCc1ccc(Oc2ncc(Cl)cc2Cl)cc1C1C(=O)CCC1O. The number of halogens is 2. The Morgan fingerprint density at radius 3 is 2.75 bits per heavy atom. The molecule has 1 saturated carbocycles. The van der Waals surface area contributed by atoms with Crippen LogP contribution in [0, 0.1) is 0 Å². The lowest BCUT2D eigenvalue weighted by Gasteiger charge is -2.18. The van der Waals surface area contributed by atoms with E-state index in [2.05, 4.69) is 4.98 Å². The molecule has 0 amide bonds. The number of benzene rings is 1. The Balaban J connectivity index is 1.95. The number of ether oxygens (including phenoxy) is 1. The molecule has 0 bridgehead atoms. The summed E-state index contributed by atoms with van der Waals surface area (Å²) in [5, 5.41) is 10.9. The Labute approximate surface area is 150 Å². The second kappa shape index (κ2) is 7.09. The van der Waals surface area contributed by atoms with E-state index in [0.717, 1.165) is 17.5 Å². The van der Waals surface area contributed by atoms with Crippen LogP contribution in [0.4, 0.5) is 0 Å². The van der Waals surface area contributed by atoms with E-state index in [1.54, 1.807) is 18.2 Å².